The fourth-order valence-electron chi connectivity index (χ4n) is 8.93. The molecule has 0 spiro atoms. The van der Waals surface area contributed by atoms with E-state index in [2.05, 4.69) is 22.4 Å². The van der Waals surface area contributed by atoms with Crippen LogP contribution in [0.4, 0.5) is 0 Å². The number of hydrogen-bond donors (Lipinski definition) is 0. The number of benzene rings is 9. The Kier molecular flexibility index (Phi) is 26.7. The van der Waals surface area contributed by atoms with Gasteiger partial charge in [0.05, 0.1) is 25.7 Å². The van der Waals surface area contributed by atoms with Crippen molar-refractivity contribution in [1.82, 2.24) is 14.3 Å². The van der Waals surface area contributed by atoms with Crippen molar-refractivity contribution in [3.8, 4) is 51.7 Å². The van der Waals surface area contributed by atoms with Crippen molar-refractivity contribution in [2.24, 2.45) is 15.3 Å². The number of hydrogen-bond acceptors (Lipinski definition) is 21. The Balaban J connectivity index is 0.853. The number of aldehydes is 6. The molecule has 0 heterocycles. The summed E-state index contributed by atoms with van der Waals surface area (Å²) in [4.78, 5) is 68.1. The van der Waals surface area contributed by atoms with E-state index < -0.39 is 19.9 Å². The summed E-state index contributed by atoms with van der Waals surface area (Å²) in [5.41, 5.74) is 4.98. The number of ether oxygens (including phenoxy) is 3. The number of nitrogens with zero attached hydrogens (tertiary/aromatic N) is 7. The van der Waals surface area contributed by atoms with Crippen molar-refractivity contribution in [3.63, 3.8) is 0 Å². The van der Waals surface area contributed by atoms with Gasteiger partial charge in [0.15, 0.2) is 0 Å². The third kappa shape index (κ3) is 22.3. The van der Waals surface area contributed by atoms with Gasteiger partial charge in [-0.2, -0.15) is 15.3 Å². The van der Waals surface area contributed by atoms with E-state index in [1.165, 1.54) is 14.3 Å². The van der Waals surface area contributed by atoms with Gasteiger partial charge in [-0.15, -0.1) is 0 Å². The molecule has 0 bridgehead atoms. The molecule has 28 heteroatoms. The maximum atomic E-state index is 11.3. The van der Waals surface area contributed by atoms with Crippen LogP contribution < -0.4 is 41.4 Å². The quantitative estimate of drug-likeness (QED) is 0.0115. The fraction of sp³-hybridized carbons (Fsp3) is 0.137. The van der Waals surface area contributed by atoms with E-state index >= 15 is 0 Å². The van der Waals surface area contributed by atoms with Crippen LogP contribution in [-0.2, 0) is 35.4 Å². The van der Waals surface area contributed by atoms with Crippen molar-refractivity contribution in [3.05, 3.63) is 268 Å². The molecule has 0 aromatic heterocycles. The van der Waals surface area contributed by atoms with Crippen LogP contribution >= 0.6 is 19.9 Å². The smallest absolute Gasteiger partial charge is 0.410 e. The molecule has 9 aromatic rings. The third-order valence-corrected chi connectivity index (χ3v) is 23.5. The number of hydrazone groups is 3. The van der Waals surface area contributed by atoms with E-state index in [4.69, 9.17) is 76.8 Å². The largest absolute Gasteiger partial charge is 0.488 e. The lowest BCUT2D eigenvalue weighted by Gasteiger charge is -2.34. The van der Waals surface area contributed by atoms with Crippen LogP contribution in [0, 0.1) is 0 Å². The van der Waals surface area contributed by atoms with Crippen LogP contribution in [0.5, 0.6) is 51.7 Å². The van der Waals surface area contributed by atoms with Crippen LogP contribution in [0.3, 0.4) is 0 Å². The second-order valence-electron chi connectivity index (χ2n) is 22.3. The second-order valence-corrected chi connectivity index (χ2v) is 32.1. The van der Waals surface area contributed by atoms with Gasteiger partial charge in [0.1, 0.15) is 129 Å². The highest BCUT2D eigenvalue weighted by atomic mass is 32.5. The SMILES string of the molecule is CN(/N=C/c1ccc(OCC[N+](C)(CCOc2ccc(/C=N/N(C)P(=S)(Oc3ccc(C=O)cc3)Oc3ccc(C=O)cc3)cc2)CCOc2ccc(/C=N/N(C)P(=S)(Oc3ccc(C=O)cc3)Oc3ccc(C=O)cc3)cc2)cc1)P(=S)(Oc1ccc(C=O)cc1)Oc1ccc(C=O)cc1. The minimum Gasteiger partial charge on any atom is -0.488 e. The van der Waals surface area contributed by atoms with Gasteiger partial charge in [-0.1, -0.05) is 0 Å². The summed E-state index contributed by atoms with van der Waals surface area (Å²) < 4.78 is 61.5. The zero-order chi connectivity index (χ0) is 71.7. The molecule has 0 aliphatic heterocycles. The van der Waals surface area contributed by atoms with Crippen LogP contribution in [0.2, 0.25) is 0 Å². The molecular weight excluding hydrogens is 1400 g/mol. The molecule has 9 aromatic carbocycles. The van der Waals surface area contributed by atoms with Crippen LogP contribution in [-0.4, -0.2) is 143 Å². The standard InChI is InChI=1S/C73H69N7O15P3S3/c1-77(96(99,90-68-29-11-59(50-81)12-30-68)91-69-31-13-60(51-82)14-32-69)74-47-56-5-23-65(24-6-56)87-44-41-80(4,42-45-88-66-25-7-57(8-26-66)48-75-78(2)97(100,92-70-33-15-61(52-83)16-34-70)93-71-35-17-62(53-84)18-36-71)43-46-89-67-27-9-58(10-28-67)49-76-79(3)98(101,94-72-37-19-63(54-85)20-38-72)95-73-39-21-64(55-86)22-40-73/h5-40,47-55H,41-46H2,1-4H3/q+1/b74-47+,75-48+,76-49+. The monoisotopic (exact) mass is 1470 g/mol. The van der Waals surface area contributed by atoms with Crippen LogP contribution in [0.15, 0.2) is 234 Å². The average molecular weight is 1470 g/mol. The molecule has 0 saturated heterocycles. The lowest BCUT2D eigenvalue weighted by Crippen LogP contribution is -2.51. The first-order valence-corrected chi connectivity index (χ1v) is 38.7. The summed E-state index contributed by atoms with van der Waals surface area (Å²) >= 11 is 18.0. The van der Waals surface area contributed by atoms with Gasteiger partial charge in [-0.25, -0.2) is 14.3 Å². The van der Waals surface area contributed by atoms with E-state index in [9.17, 15) is 28.8 Å². The predicted octanol–water partition coefficient (Wildman–Crippen LogP) is 14.5. The Bertz CT molecular complexity index is 3880. The van der Waals surface area contributed by atoms with Crippen LogP contribution in [0.25, 0.3) is 0 Å². The van der Waals surface area contributed by atoms with Gasteiger partial charge in [0, 0.05) is 89.9 Å². The molecule has 0 atom stereocenters. The van der Waals surface area contributed by atoms with Gasteiger partial charge in [0.25, 0.3) is 0 Å². The minimum atomic E-state index is -3.41. The fourth-order valence-corrected chi connectivity index (χ4v) is 14.5. The summed E-state index contributed by atoms with van der Waals surface area (Å²) in [6.45, 7) is -7.51. The molecule has 0 N–H and O–H groups in total. The zero-order valence-electron chi connectivity index (χ0n) is 55.0. The molecule has 9 rings (SSSR count). The molecule has 101 heavy (non-hydrogen) atoms. The maximum absolute atomic E-state index is 11.3. The summed E-state index contributed by atoms with van der Waals surface area (Å²) in [6, 6.07) is 61.0. The average Bonchev–Trinajstić information content (AvgIpc) is 0.848. The van der Waals surface area contributed by atoms with E-state index in [0.717, 1.165) is 54.4 Å². The summed E-state index contributed by atoms with van der Waals surface area (Å²) in [6.07, 6.45) is 9.24. The van der Waals surface area contributed by atoms with Gasteiger partial charge in [-0.05, 0) is 235 Å². The summed E-state index contributed by atoms with van der Waals surface area (Å²) in [7, 11) is 7.05. The Morgan fingerprint density at radius 3 is 0.614 bits per heavy atom. The van der Waals surface area contributed by atoms with E-state index in [1.807, 2.05) is 72.8 Å². The Hall–Kier alpha value is -10.5. The molecule has 0 aliphatic carbocycles. The minimum absolute atomic E-state index is 0.336. The van der Waals surface area contributed by atoms with Gasteiger partial charge < -0.3 is 45.8 Å². The normalized spacial score (nSPS) is 11.6. The first kappa shape index (κ1) is 74.7. The van der Waals surface area contributed by atoms with Crippen molar-refractivity contribution >= 4 is 112 Å². The number of carbonyl (C=O) groups is 6. The number of carbonyl (C=O) groups excluding carboxylic acids is 6. The van der Waals surface area contributed by atoms with Gasteiger partial charge in [0.2, 0.25) is 0 Å². The summed E-state index contributed by atoms with van der Waals surface area (Å²) in [5.74, 6) is 4.13. The van der Waals surface area contributed by atoms with E-state index in [-0.39, 0.29) is 0 Å². The molecule has 0 radical (unpaired) electrons. The Morgan fingerprint density at radius 1 is 0.287 bits per heavy atom. The third-order valence-electron chi connectivity index (χ3n) is 14.9. The molecule has 22 nitrogen and oxygen atoms in total. The highest BCUT2D eigenvalue weighted by Gasteiger charge is 2.32. The Labute approximate surface area is 600 Å². The first-order chi connectivity index (χ1) is 48.8. The first-order valence-electron chi connectivity index (χ1n) is 31.0. The topological polar surface area (TPSA) is 232 Å². The second kappa shape index (κ2) is 36.0. The molecule has 0 aliphatic rings. The van der Waals surface area contributed by atoms with Crippen molar-refractivity contribution < 1.29 is 74.6 Å². The summed E-state index contributed by atoms with van der Waals surface area (Å²) in [5, 5.41) is 13.9. The highest BCUT2D eigenvalue weighted by molar-refractivity contribution is 8.09. The van der Waals surface area contributed by atoms with Crippen LogP contribution in [0.1, 0.15) is 78.8 Å². The van der Waals surface area contributed by atoms with Crippen molar-refractivity contribution in [2.75, 3.05) is 67.6 Å². The zero-order valence-corrected chi connectivity index (χ0v) is 60.2. The molecule has 0 saturated carbocycles. The molecule has 0 fully saturated rings. The maximum Gasteiger partial charge on any atom is 0.410 e. The molecule has 0 amide bonds. The van der Waals surface area contributed by atoms with E-state index in [0.29, 0.717) is 129 Å². The molecule has 518 valence electrons. The number of rotatable bonds is 39. The van der Waals surface area contributed by atoms with Gasteiger partial charge in [-0.3, -0.25) is 28.8 Å². The predicted molar refractivity (Wildman–Crippen MR) is 400 cm³/mol. The Morgan fingerprint density at radius 2 is 0.446 bits per heavy atom. The van der Waals surface area contributed by atoms with E-state index in [1.54, 1.807) is 185 Å². The van der Waals surface area contributed by atoms with Crippen molar-refractivity contribution in [1.29, 1.82) is 0 Å². The lowest BCUT2D eigenvalue weighted by atomic mass is 10.2. The highest BCUT2D eigenvalue weighted by Crippen LogP contribution is 2.54. The molecule has 0 unspecified atom stereocenters. The molecular formula is C73H69N7O15P3S3+. The number of quaternary nitrogens is 1. The number of likely N-dealkylation sites (N-methyl/N-ethyl adjacent to an activating group) is 1. The van der Waals surface area contributed by atoms with Gasteiger partial charge >= 0.3 is 19.9 Å². The lowest BCUT2D eigenvalue weighted by molar-refractivity contribution is -0.909. The van der Waals surface area contributed by atoms with Crippen molar-refractivity contribution in [2.45, 2.75) is 0 Å².